The van der Waals surface area contributed by atoms with Crippen LogP contribution in [0, 0.1) is 0 Å². The molecule has 0 saturated carbocycles. The van der Waals surface area contributed by atoms with Crippen LogP contribution >= 0.6 is 11.6 Å². The molecule has 1 aromatic carbocycles. The zero-order chi connectivity index (χ0) is 11.5. The van der Waals surface area contributed by atoms with E-state index >= 15 is 0 Å². The average molecular weight is 235 g/mol. The van der Waals surface area contributed by atoms with Gasteiger partial charge in [-0.25, -0.2) is 0 Å². The maximum atomic E-state index is 11.1. The van der Waals surface area contributed by atoms with Gasteiger partial charge in [-0.3, -0.25) is 9.48 Å². The zero-order valence-electron chi connectivity index (χ0n) is 8.85. The molecule has 16 heavy (non-hydrogen) atoms. The summed E-state index contributed by atoms with van der Waals surface area (Å²) in [4.78, 5) is 11.1. The van der Waals surface area contributed by atoms with Crippen LogP contribution in [0.4, 0.5) is 0 Å². The van der Waals surface area contributed by atoms with Crippen molar-refractivity contribution >= 4 is 17.4 Å². The lowest BCUT2D eigenvalue weighted by Crippen LogP contribution is -2.00. The molecule has 82 valence electrons. The summed E-state index contributed by atoms with van der Waals surface area (Å²) in [5, 5.41) is 4.82. The first-order valence-corrected chi connectivity index (χ1v) is 5.31. The molecule has 4 heteroatoms. The van der Waals surface area contributed by atoms with Crippen LogP contribution in [0.1, 0.15) is 22.8 Å². The van der Waals surface area contributed by atoms with Crippen molar-refractivity contribution in [1.82, 2.24) is 9.78 Å². The van der Waals surface area contributed by atoms with E-state index in [4.69, 9.17) is 11.6 Å². The van der Waals surface area contributed by atoms with E-state index in [1.54, 1.807) is 17.1 Å². The number of hydrogen-bond acceptors (Lipinski definition) is 2. The van der Waals surface area contributed by atoms with Gasteiger partial charge in [0.15, 0.2) is 5.78 Å². The molecule has 0 atom stereocenters. The highest BCUT2D eigenvalue weighted by atomic mass is 35.5. The third-order valence-corrected chi connectivity index (χ3v) is 2.70. The summed E-state index contributed by atoms with van der Waals surface area (Å²) in [7, 11) is 0. The number of rotatable bonds is 3. The van der Waals surface area contributed by atoms with Crippen LogP contribution < -0.4 is 0 Å². The van der Waals surface area contributed by atoms with E-state index in [2.05, 4.69) is 5.10 Å². The van der Waals surface area contributed by atoms with Crippen LogP contribution in [0.15, 0.2) is 36.7 Å². The molecule has 1 aromatic heterocycles. The van der Waals surface area contributed by atoms with E-state index in [1.165, 1.54) is 6.92 Å². The van der Waals surface area contributed by atoms with Gasteiger partial charge in [0.1, 0.15) is 0 Å². The molecule has 0 bridgehead atoms. The molecule has 0 fully saturated rings. The summed E-state index contributed by atoms with van der Waals surface area (Å²) < 4.78 is 1.71. The van der Waals surface area contributed by atoms with Crippen molar-refractivity contribution in [2.75, 3.05) is 0 Å². The summed E-state index contributed by atoms with van der Waals surface area (Å²) in [5.41, 5.74) is 1.61. The van der Waals surface area contributed by atoms with Gasteiger partial charge in [-0.15, -0.1) is 0 Å². The van der Waals surface area contributed by atoms with Gasteiger partial charge in [-0.2, -0.15) is 5.10 Å². The Morgan fingerprint density at radius 2 is 2.19 bits per heavy atom. The molecule has 2 rings (SSSR count). The Balaban J connectivity index is 2.21. The molecule has 2 aromatic rings. The van der Waals surface area contributed by atoms with E-state index in [1.807, 2.05) is 24.3 Å². The van der Waals surface area contributed by atoms with Gasteiger partial charge >= 0.3 is 0 Å². The Bertz CT molecular complexity index is 519. The number of carbonyl (C=O) groups excluding carboxylic acids is 1. The summed E-state index contributed by atoms with van der Waals surface area (Å²) in [6, 6.07) is 7.59. The summed E-state index contributed by atoms with van der Waals surface area (Å²) >= 11 is 6.04. The summed E-state index contributed by atoms with van der Waals surface area (Å²) in [6.07, 6.45) is 3.30. The van der Waals surface area contributed by atoms with Crippen molar-refractivity contribution in [3.63, 3.8) is 0 Å². The largest absolute Gasteiger partial charge is 0.294 e. The fourth-order valence-electron chi connectivity index (χ4n) is 1.43. The molecule has 0 aliphatic rings. The second kappa shape index (κ2) is 4.49. The average Bonchev–Trinajstić information content (AvgIpc) is 2.70. The van der Waals surface area contributed by atoms with Gasteiger partial charge < -0.3 is 0 Å². The van der Waals surface area contributed by atoms with Gasteiger partial charge in [-0.05, 0) is 18.6 Å². The molecule has 3 nitrogen and oxygen atoms in total. The maximum absolute atomic E-state index is 11.1. The Labute approximate surface area is 98.7 Å². The van der Waals surface area contributed by atoms with E-state index in [0.717, 1.165) is 5.56 Å². The number of benzene rings is 1. The van der Waals surface area contributed by atoms with Crippen LogP contribution in [0.5, 0.6) is 0 Å². The van der Waals surface area contributed by atoms with Gasteiger partial charge in [0.25, 0.3) is 0 Å². The fraction of sp³-hybridized carbons (Fsp3) is 0.167. The summed E-state index contributed by atoms with van der Waals surface area (Å²) in [5.74, 6) is 0.0189. The lowest BCUT2D eigenvalue weighted by atomic mass is 10.2. The first-order valence-electron chi connectivity index (χ1n) is 4.93. The number of halogens is 1. The number of aromatic nitrogens is 2. The highest BCUT2D eigenvalue weighted by molar-refractivity contribution is 6.31. The van der Waals surface area contributed by atoms with Gasteiger partial charge in [0.2, 0.25) is 0 Å². The smallest absolute Gasteiger partial charge is 0.162 e. The second-order valence-corrected chi connectivity index (χ2v) is 3.98. The number of carbonyl (C=O) groups is 1. The predicted molar refractivity (Wildman–Crippen MR) is 62.8 cm³/mol. The van der Waals surface area contributed by atoms with Crippen molar-refractivity contribution in [1.29, 1.82) is 0 Å². The fourth-order valence-corrected chi connectivity index (χ4v) is 1.63. The number of nitrogens with zero attached hydrogens (tertiary/aromatic N) is 2. The molecule has 0 spiro atoms. The predicted octanol–water partition coefficient (Wildman–Crippen LogP) is 2.79. The van der Waals surface area contributed by atoms with E-state index in [0.29, 0.717) is 17.1 Å². The van der Waals surface area contributed by atoms with Gasteiger partial charge in [-0.1, -0.05) is 29.8 Å². The number of ketones is 1. The minimum atomic E-state index is 0.0189. The van der Waals surface area contributed by atoms with Crippen molar-refractivity contribution in [2.45, 2.75) is 13.5 Å². The topological polar surface area (TPSA) is 34.9 Å². The van der Waals surface area contributed by atoms with Crippen LogP contribution in [-0.4, -0.2) is 15.6 Å². The second-order valence-electron chi connectivity index (χ2n) is 3.57. The van der Waals surface area contributed by atoms with E-state index < -0.39 is 0 Å². The van der Waals surface area contributed by atoms with E-state index in [-0.39, 0.29) is 5.78 Å². The number of hydrogen-bond donors (Lipinski definition) is 0. The highest BCUT2D eigenvalue weighted by Gasteiger charge is 2.05. The molecule has 0 amide bonds. The SMILES string of the molecule is CC(=O)c1cnn(Cc2ccccc2Cl)c1. The molecule has 0 aliphatic heterocycles. The normalized spacial score (nSPS) is 10.4. The Kier molecular flexibility index (Phi) is 3.06. The first kappa shape index (κ1) is 10.9. The molecule has 0 aliphatic carbocycles. The van der Waals surface area contributed by atoms with Crippen molar-refractivity contribution in [3.05, 3.63) is 52.8 Å². The lowest BCUT2D eigenvalue weighted by molar-refractivity contribution is 0.101. The highest BCUT2D eigenvalue weighted by Crippen LogP contribution is 2.16. The van der Waals surface area contributed by atoms with Crippen LogP contribution in [0.3, 0.4) is 0 Å². The minimum absolute atomic E-state index is 0.0189. The first-order chi connectivity index (χ1) is 7.66. The standard InChI is InChI=1S/C12H11ClN2O/c1-9(16)11-6-14-15(8-11)7-10-4-2-3-5-12(10)13/h2-6,8H,7H2,1H3. The molecular formula is C12H11ClN2O. The van der Waals surface area contributed by atoms with Crippen molar-refractivity contribution < 1.29 is 4.79 Å². The van der Waals surface area contributed by atoms with Gasteiger partial charge in [0.05, 0.1) is 18.3 Å². The monoisotopic (exact) mass is 234 g/mol. The molecule has 0 radical (unpaired) electrons. The maximum Gasteiger partial charge on any atom is 0.162 e. The van der Waals surface area contributed by atoms with Crippen molar-refractivity contribution in [3.8, 4) is 0 Å². The molecule has 0 N–H and O–H groups in total. The molecule has 0 unspecified atom stereocenters. The number of Topliss-reactive ketones (excluding diaryl/α,β-unsaturated/α-hetero) is 1. The quantitative estimate of drug-likeness (QED) is 0.766. The molecular weight excluding hydrogens is 224 g/mol. The Hall–Kier alpha value is -1.61. The Morgan fingerprint density at radius 3 is 2.81 bits per heavy atom. The Morgan fingerprint density at radius 1 is 1.44 bits per heavy atom. The molecule has 0 saturated heterocycles. The lowest BCUT2D eigenvalue weighted by Gasteiger charge is -2.03. The minimum Gasteiger partial charge on any atom is -0.294 e. The van der Waals surface area contributed by atoms with Crippen molar-refractivity contribution in [2.24, 2.45) is 0 Å². The van der Waals surface area contributed by atoms with Crippen LogP contribution in [0.25, 0.3) is 0 Å². The van der Waals surface area contributed by atoms with Crippen LogP contribution in [0.2, 0.25) is 5.02 Å². The third kappa shape index (κ3) is 2.31. The third-order valence-electron chi connectivity index (χ3n) is 2.33. The molecule has 1 heterocycles. The van der Waals surface area contributed by atoms with Crippen LogP contribution in [-0.2, 0) is 6.54 Å². The van der Waals surface area contributed by atoms with E-state index in [9.17, 15) is 4.79 Å². The summed E-state index contributed by atoms with van der Waals surface area (Å²) in [6.45, 7) is 2.10. The zero-order valence-corrected chi connectivity index (χ0v) is 9.61. The van der Waals surface area contributed by atoms with Gasteiger partial charge in [0, 0.05) is 11.2 Å².